The number of hydrogen-bond donors (Lipinski definition) is 0. The van der Waals surface area contributed by atoms with Gasteiger partial charge in [0.1, 0.15) is 35.3 Å². The number of nitroso groups, excluding NO2 is 1. The molecule has 6 aromatic carbocycles. The molecule has 2 unspecified atom stereocenters. The topological polar surface area (TPSA) is 164 Å². The van der Waals surface area contributed by atoms with Crippen molar-refractivity contribution in [3.05, 3.63) is 163 Å². The molecule has 0 saturated heterocycles. The standard InChI is InChI=1S/C50H47N7O5/c1-48(2)27-49(3,30-53-56-51)29-50(28-48)43-9-7-6-8-38(43)45-41-25-44(62-31-54-57-52)40(34-15-17-35(55-58)18-16-34)24-42(41)47(61-26-33-12-21-37(60-5)22-13-33)39(46(45)50)23-14-32-10-19-36(59-4)20-11-32/h6-25H,26-31H2,1-5H3/b23-14-. The molecule has 1 saturated carbocycles. The van der Waals surface area contributed by atoms with Crippen molar-refractivity contribution < 1.29 is 18.9 Å². The lowest BCUT2D eigenvalue weighted by atomic mass is 9.51. The summed E-state index contributed by atoms with van der Waals surface area (Å²) in [5.41, 5.74) is 27.0. The van der Waals surface area contributed by atoms with Crippen LogP contribution in [-0.2, 0) is 12.0 Å². The fourth-order valence-corrected chi connectivity index (χ4v) is 10.4. The molecule has 0 radical (unpaired) electrons. The molecule has 0 amide bonds. The lowest BCUT2D eigenvalue weighted by molar-refractivity contribution is 0.0571. The molecule has 62 heavy (non-hydrogen) atoms. The zero-order valence-corrected chi connectivity index (χ0v) is 35.5. The lowest BCUT2D eigenvalue weighted by Crippen LogP contribution is -2.46. The van der Waals surface area contributed by atoms with Crippen LogP contribution in [0.4, 0.5) is 5.69 Å². The highest BCUT2D eigenvalue weighted by Gasteiger charge is 2.55. The predicted octanol–water partition coefficient (Wildman–Crippen LogP) is 14.1. The van der Waals surface area contributed by atoms with E-state index < -0.39 is 5.41 Å². The zero-order chi connectivity index (χ0) is 43.5. The lowest BCUT2D eigenvalue weighted by Gasteiger charge is -2.53. The van der Waals surface area contributed by atoms with Gasteiger partial charge in [0.2, 0.25) is 0 Å². The minimum Gasteiger partial charge on any atom is -0.497 e. The van der Waals surface area contributed by atoms with E-state index in [4.69, 9.17) is 18.9 Å². The maximum absolute atomic E-state index is 11.5. The molecule has 6 aromatic rings. The maximum atomic E-state index is 11.5. The Morgan fingerprint density at radius 3 is 2.10 bits per heavy atom. The number of rotatable bonds is 14. The summed E-state index contributed by atoms with van der Waals surface area (Å²) in [5.74, 6) is 2.69. The fourth-order valence-electron chi connectivity index (χ4n) is 10.4. The Morgan fingerprint density at radius 2 is 1.42 bits per heavy atom. The number of azide groups is 2. The van der Waals surface area contributed by atoms with Gasteiger partial charge in [-0.05, 0) is 139 Å². The van der Waals surface area contributed by atoms with Crippen LogP contribution in [0.25, 0.3) is 66.1 Å². The van der Waals surface area contributed by atoms with Crippen molar-refractivity contribution >= 4 is 28.6 Å². The summed E-state index contributed by atoms with van der Waals surface area (Å²) in [4.78, 5) is 17.7. The highest BCUT2D eigenvalue weighted by atomic mass is 16.5. The van der Waals surface area contributed by atoms with Gasteiger partial charge in [-0.25, -0.2) is 0 Å². The van der Waals surface area contributed by atoms with E-state index in [0.29, 0.717) is 29.3 Å². The summed E-state index contributed by atoms with van der Waals surface area (Å²) in [6.45, 7) is 7.26. The van der Waals surface area contributed by atoms with Gasteiger partial charge in [-0.15, -0.1) is 4.91 Å². The summed E-state index contributed by atoms with van der Waals surface area (Å²) in [7, 11) is 3.30. The molecule has 2 aliphatic rings. The molecule has 2 aliphatic carbocycles. The first-order valence-electron chi connectivity index (χ1n) is 20.5. The van der Waals surface area contributed by atoms with E-state index in [-0.39, 0.29) is 24.2 Å². The molecule has 12 heteroatoms. The van der Waals surface area contributed by atoms with Crippen LogP contribution in [0, 0.1) is 15.7 Å². The first-order chi connectivity index (χ1) is 30.0. The van der Waals surface area contributed by atoms with E-state index in [9.17, 15) is 16.0 Å². The number of fused-ring (bicyclic) bond motifs is 7. The van der Waals surface area contributed by atoms with Crippen molar-refractivity contribution in [1.29, 1.82) is 0 Å². The largest absolute Gasteiger partial charge is 0.497 e. The number of hydrogen-bond acceptors (Lipinski definition) is 8. The summed E-state index contributed by atoms with van der Waals surface area (Å²) < 4.78 is 24.5. The van der Waals surface area contributed by atoms with Gasteiger partial charge in [0.05, 0.1) is 14.2 Å². The normalized spacial score (nSPS) is 18.3. The second-order valence-electron chi connectivity index (χ2n) is 17.3. The SMILES string of the molecule is COc1ccc(/C=C\c2c3c(c4cc(OCN=[N+]=[N-])c(-c5ccc(N=O)cc5)cc4c2OCc2ccc(OC)cc2)-c2ccccc2C32CC(C)(C)CC(C)(CN=[N+]=[N-])C2)cc1. The molecule has 312 valence electrons. The summed E-state index contributed by atoms with van der Waals surface area (Å²) in [6, 6.07) is 35.5. The van der Waals surface area contributed by atoms with Crippen molar-refractivity contribution in [2.75, 3.05) is 27.5 Å². The Balaban J connectivity index is 1.50. The second kappa shape index (κ2) is 17.0. The van der Waals surface area contributed by atoms with Crippen LogP contribution in [0.3, 0.4) is 0 Å². The second-order valence-corrected chi connectivity index (χ2v) is 17.3. The van der Waals surface area contributed by atoms with Gasteiger partial charge in [-0.3, -0.25) is 0 Å². The third-order valence-corrected chi connectivity index (χ3v) is 12.2. The molecule has 0 heterocycles. The number of ether oxygens (including phenoxy) is 4. The molecule has 0 N–H and O–H groups in total. The van der Waals surface area contributed by atoms with Gasteiger partial charge >= 0.3 is 0 Å². The molecule has 1 spiro atoms. The van der Waals surface area contributed by atoms with Crippen LogP contribution in [0.2, 0.25) is 0 Å². The van der Waals surface area contributed by atoms with Gasteiger partial charge in [0.25, 0.3) is 0 Å². The summed E-state index contributed by atoms with van der Waals surface area (Å²) in [5, 5.41) is 12.8. The van der Waals surface area contributed by atoms with E-state index in [2.05, 4.69) is 88.5 Å². The van der Waals surface area contributed by atoms with Gasteiger partial charge in [-0.1, -0.05) is 104 Å². The Labute approximate surface area is 360 Å². The van der Waals surface area contributed by atoms with E-state index >= 15 is 0 Å². The van der Waals surface area contributed by atoms with Crippen LogP contribution < -0.4 is 18.9 Å². The number of benzene rings is 6. The summed E-state index contributed by atoms with van der Waals surface area (Å²) in [6.07, 6.45) is 6.74. The number of methoxy groups -OCH3 is 2. The Hall–Kier alpha value is -7.26. The molecule has 0 aromatic heterocycles. The molecule has 1 fully saturated rings. The Morgan fingerprint density at radius 1 is 0.726 bits per heavy atom. The van der Waals surface area contributed by atoms with Gasteiger partial charge < -0.3 is 18.9 Å². The van der Waals surface area contributed by atoms with Crippen LogP contribution in [0.5, 0.6) is 23.0 Å². The average Bonchev–Trinajstić information content (AvgIpc) is 3.54. The van der Waals surface area contributed by atoms with Crippen molar-refractivity contribution in [2.24, 2.45) is 26.2 Å². The first kappa shape index (κ1) is 41.5. The molecule has 8 rings (SSSR count). The molecule has 0 aliphatic heterocycles. The molecular formula is C50H47N7O5. The van der Waals surface area contributed by atoms with E-state index in [1.165, 1.54) is 5.56 Å². The van der Waals surface area contributed by atoms with Crippen molar-refractivity contribution in [2.45, 2.75) is 52.1 Å². The average molecular weight is 826 g/mol. The smallest absolute Gasteiger partial charge is 0.167 e. The van der Waals surface area contributed by atoms with E-state index in [0.717, 1.165) is 80.5 Å². The minimum atomic E-state index is -0.526. The highest BCUT2D eigenvalue weighted by Crippen LogP contribution is 2.66. The highest BCUT2D eigenvalue weighted by molar-refractivity contribution is 6.10. The fraction of sp³-hybridized carbons (Fsp3) is 0.280. The number of nitrogens with zero attached hydrogens (tertiary/aromatic N) is 7. The maximum Gasteiger partial charge on any atom is 0.167 e. The van der Waals surface area contributed by atoms with E-state index in [1.54, 1.807) is 26.4 Å². The van der Waals surface area contributed by atoms with Gasteiger partial charge in [0, 0.05) is 38.3 Å². The first-order valence-corrected chi connectivity index (χ1v) is 20.5. The summed E-state index contributed by atoms with van der Waals surface area (Å²) >= 11 is 0. The Kier molecular flexibility index (Phi) is 11.4. The van der Waals surface area contributed by atoms with Crippen LogP contribution in [0.1, 0.15) is 67.9 Å². The molecular weight excluding hydrogens is 779 g/mol. The molecule has 0 bridgehead atoms. The van der Waals surface area contributed by atoms with Crippen molar-refractivity contribution in [3.8, 4) is 45.3 Å². The van der Waals surface area contributed by atoms with Crippen molar-refractivity contribution in [1.82, 2.24) is 0 Å². The molecule has 12 nitrogen and oxygen atoms in total. The third-order valence-electron chi connectivity index (χ3n) is 12.2. The monoisotopic (exact) mass is 825 g/mol. The van der Waals surface area contributed by atoms with Gasteiger partial charge in [-0.2, -0.15) is 0 Å². The quantitative estimate of drug-likeness (QED) is 0.0350. The van der Waals surface area contributed by atoms with Crippen LogP contribution in [0.15, 0.2) is 125 Å². The van der Waals surface area contributed by atoms with Crippen molar-refractivity contribution in [3.63, 3.8) is 0 Å². The van der Waals surface area contributed by atoms with E-state index in [1.807, 2.05) is 66.7 Å². The predicted molar refractivity (Wildman–Crippen MR) is 245 cm³/mol. The third kappa shape index (κ3) is 7.89. The zero-order valence-electron chi connectivity index (χ0n) is 35.5. The van der Waals surface area contributed by atoms with Gasteiger partial charge in [0.15, 0.2) is 6.73 Å². The molecule has 2 atom stereocenters. The van der Waals surface area contributed by atoms with Crippen LogP contribution >= 0.6 is 0 Å². The van der Waals surface area contributed by atoms with Crippen LogP contribution in [-0.4, -0.2) is 27.5 Å². The minimum absolute atomic E-state index is 0.154. The Bertz CT molecular complexity index is 2790.